The number of carbonyl (C=O) groups is 1. The summed E-state index contributed by atoms with van der Waals surface area (Å²) >= 11 is 0. The number of rotatable bonds is 5. The largest absolute Gasteiger partial charge is 0.393 e. The van der Waals surface area contributed by atoms with Crippen molar-refractivity contribution in [2.24, 2.45) is 23.2 Å². The fourth-order valence-electron chi connectivity index (χ4n) is 4.85. The minimum absolute atomic E-state index is 0. The summed E-state index contributed by atoms with van der Waals surface area (Å²) in [4.78, 5) is 10.4. The van der Waals surface area contributed by atoms with Crippen molar-refractivity contribution in [3.63, 3.8) is 0 Å². The summed E-state index contributed by atoms with van der Waals surface area (Å²) in [6.45, 7) is 4.76. The average molecular weight is 608 g/mol. The van der Waals surface area contributed by atoms with Crippen LogP contribution < -0.4 is 0 Å². The van der Waals surface area contributed by atoms with Crippen molar-refractivity contribution in [3.8, 4) is 0 Å². The smallest absolute Gasteiger partial charge is 0.119 e. The third kappa shape index (κ3) is 7.58. The molecule has 1 unspecified atom stereocenters. The Morgan fingerprint density at radius 1 is 1.18 bits per heavy atom. The van der Waals surface area contributed by atoms with Gasteiger partial charge in [0.05, 0.1) is 6.10 Å². The van der Waals surface area contributed by atoms with Gasteiger partial charge in [0.2, 0.25) is 0 Å². The molecule has 2 aliphatic rings. The van der Waals surface area contributed by atoms with Gasteiger partial charge in [-0.3, -0.25) is 0 Å². The molecule has 4 radical (unpaired) electrons. The molecule has 0 aromatic carbocycles. The van der Waals surface area contributed by atoms with E-state index in [4.69, 9.17) is 0 Å². The first-order valence-corrected chi connectivity index (χ1v) is 7.71. The van der Waals surface area contributed by atoms with Crippen LogP contribution in [0.5, 0.6) is 0 Å². The van der Waals surface area contributed by atoms with Gasteiger partial charge in [0, 0.05) is 137 Å². The van der Waals surface area contributed by atoms with Crippen molar-refractivity contribution < 1.29 is 141 Å². The first-order chi connectivity index (χ1) is 8.59. The molecule has 6 heteroatoms. The summed E-state index contributed by atoms with van der Waals surface area (Å²) in [5.41, 5.74) is 0.359. The molecule has 0 aromatic rings. The van der Waals surface area contributed by atoms with Crippen LogP contribution in [0.4, 0.5) is 0 Å². The maximum absolute atomic E-state index is 10.4. The van der Waals surface area contributed by atoms with E-state index < -0.39 is 0 Å². The Morgan fingerprint density at radius 3 is 2.41 bits per heavy atom. The van der Waals surface area contributed by atoms with Gasteiger partial charge in [0.15, 0.2) is 0 Å². The van der Waals surface area contributed by atoms with Crippen molar-refractivity contribution in [2.75, 3.05) is 0 Å². The molecule has 0 heterocycles. The van der Waals surface area contributed by atoms with Crippen LogP contribution in [-0.4, -0.2) is 17.5 Å². The van der Waals surface area contributed by atoms with Crippen LogP contribution in [0.2, 0.25) is 0 Å². The standard InChI is InChI=1S/C16H28O2.4Y/c1-12(6-3-4-11-17)13-8-9-14-15(18)7-5-10-16(13,14)2;;;;/h11-15,18H,3-10H2,1-2H3;;;;/t12-,13?,14+,15+,16-;;;;/m1..../s1. The van der Waals surface area contributed by atoms with E-state index in [-0.39, 0.29) is 137 Å². The van der Waals surface area contributed by atoms with Crippen LogP contribution in [0.1, 0.15) is 65.2 Å². The van der Waals surface area contributed by atoms with E-state index in [1.54, 1.807) is 0 Å². The van der Waals surface area contributed by atoms with E-state index in [1.165, 1.54) is 32.1 Å². The van der Waals surface area contributed by atoms with Gasteiger partial charge in [0.1, 0.15) is 6.29 Å². The number of aldehydes is 1. The van der Waals surface area contributed by atoms with Crippen LogP contribution in [0.25, 0.3) is 0 Å². The van der Waals surface area contributed by atoms with Gasteiger partial charge in [-0.1, -0.05) is 26.7 Å². The van der Waals surface area contributed by atoms with Gasteiger partial charge < -0.3 is 9.90 Å². The predicted octanol–water partition coefficient (Wildman–Crippen LogP) is 3.56. The molecular formula is C16H28O2Y4. The number of hydrogen-bond donors (Lipinski definition) is 1. The molecule has 2 aliphatic carbocycles. The van der Waals surface area contributed by atoms with Crippen LogP contribution in [0.15, 0.2) is 0 Å². The number of carbonyl (C=O) groups excluding carboxylic acids is 1. The Bertz CT molecular complexity index is 304. The molecule has 2 saturated carbocycles. The summed E-state index contributed by atoms with van der Waals surface area (Å²) in [7, 11) is 0. The maximum Gasteiger partial charge on any atom is 0.119 e. The van der Waals surface area contributed by atoms with Gasteiger partial charge in [-0.2, -0.15) is 0 Å². The first kappa shape index (κ1) is 30.8. The fourth-order valence-corrected chi connectivity index (χ4v) is 4.85. The quantitative estimate of drug-likeness (QED) is 0.384. The molecule has 0 spiro atoms. The molecule has 2 fully saturated rings. The molecular weight excluding hydrogens is 580 g/mol. The van der Waals surface area contributed by atoms with Crippen LogP contribution in [-0.2, 0) is 136 Å². The van der Waals surface area contributed by atoms with Crippen molar-refractivity contribution in [1.82, 2.24) is 0 Å². The third-order valence-electron chi connectivity index (χ3n) is 5.83. The molecule has 116 valence electrons. The van der Waals surface area contributed by atoms with Gasteiger partial charge in [0.25, 0.3) is 0 Å². The van der Waals surface area contributed by atoms with E-state index in [0.717, 1.165) is 25.0 Å². The van der Waals surface area contributed by atoms with Crippen LogP contribution in [0.3, 0.4) is 0 Å². The average Bonchev–Trinajstić information content (AvgIpc) is 2.68. The van der Waals surface area contributed by atoms with Crippen molar-refractivity contribution in [2.45, 2.75) is 71.3 Å². The summed E-state index contributed by atoms with van der Waals surface area (Å²) in [5, 5.41) is 10.2. The normalized spacial score (nSPS) is 33.9. The number of unbranched alkanes of at least 4 members (excludes halogenated alkanes) is 1. The van der Waals surface area contributed by atoms with E-state index in [0.29, 0.717) is 23.7 Å². The van der Waals surface area contributed by atoms with Gasteiger partial charge >= 0.3 is 0 Å². The number of aliphatic hydroxyl groups is 1. The zero-order chi connectivity index (χ0) is 13.2. The molecule has 1 N–H and O–H groups in total. The van der Waals surface area contributed by atoms with Crippen molar-refractivity contribution in [1.29, 1.82) is 0 Å². The molecule has 0 saturated heterocycles. The summed E-state index contributed by atoms with van der Waals surface area (Å²) in [6, 6.07) is 0. The molecule has 0 amide bonds. The minimum atomic E-state index is -0.0593. The second-order valence-electron chi connectivity index (χ2n) is 6.83. The first-order valence-electron chi connectivity index (χ1n) is 7.71. The zero-order valence-corrected chi connectivity index (χ0v) is 25.6. The Balaban J connectivity index is -0.000000902. The topological polar surface area (TPSA) is 37.3 Å². The second-order valence-corrected chi connectivity index (χ2v) is 6.83. The molecule has 0 aromatic heterocycles. The Kier molecular flexibility index (Phi) is 21.0. The molecule has 2 nitrogen and oxygen atoms in total. The van der Waals surface area contributed by atoms with E-state index in [2.05, 4.69) is 13.8 Å². The number of hydrogen-bond acceptors (Lipinski definition) is 2. The Hall–Kier alpha value is 4.05. The van der Waals surface area contributed by atoms with Gasteiger partial charge in [-0.05, 0) is 55.3 Å². The third-order valence-corrected chi connectivity index (χ3v) is 5.83. The number of fused-ring (bicyclic) bond motifs is 1. The summed E-state index contributed by atoms with van der Waals surface area (Å²) in [5.74, 6) is 1.99. The Morgan fingerprint density at radius 2 is 1.82 bits per heavy atom. The molecule has 22 heavy (non-hydrogen) atoms. The number of aliphatic hydroxyl groups excluding tert-OH is 1. The maximum atomic E-state index is 10.4. The fraction of sp³-hybridized carbons (Fsp3) is 0.938. The van der Waals surface area contributed by atoms with Crippen LogP contribution >= 0.6 is 0 Å². The monoisotopic (exact) mass is 608 g/mol. The van der Waals surface area contributed by atoms with Crippen molar-refractivity contribution >= 4 is 6.29 Å². The zero-order valence-electron chi connectivity index (χ0n) is 14.2. The minimum Gasteiger partial charge on any atom is -0.393 e. The molecule has 5 atom stereocenters. The van der Waals surface area contributed by atoms with E-state index in [1.807, 2.05) is 0 Å². The molecule has 2 rings (SSSR count). The second kappa shape index (κ2) is 15.0. The summed E-state index contributed by atoms with van der Waals surface area (Å²) < 4.78 is 0. The molecule has 0 aliphatic heterocycles. The van der Waals surface area contributed by atoms with Gasteiger partial charge in [-0.15, -0.1) is 0 Å². The van der Waals surface area contributed by atoms with Crippen molar-refractivity contribution in [3.05, 3.63) is 0 Å². The van der Waals surface area contributed by atoms with E-state index in [9.17, 15) is 9.90 Å². The molecule has 0 bridgehead atoms. The summed E-state index contributed by atoms with van der Waals surface area (Å²) in [6.07, 6.45) is 9.86. The van der Waals surface area contributed by atoms with E-state index >= 15 is 0 Å². The Labute approximate surface area is 237 Å². The van der Waals surface area contributed by atoms with Crippen LogP contribution in [0, 0.1) is 23.2 Å². The predicted molar refractivity (Wildman–Crippen MR) is 73.3 cm³/mol. The van der Waals surface area contributed by atoms with Gasteiger partial charge in [-0.25, -0.2) is 0 Å². The SMILES string of the molecule is C[C@H](CCCC=O)C1CC[C@H]2[C@@H](O)CCC[C@]12C.[Y].[Y].[Y].[Y].